The van der Waals surface area contributed by atoms with E-state index in [0.29, 0.717) is 17.5 Å². The van der Waals surface area contributed by atoms with Crippen molar-refractivity contribution in [1.82, 2.24) is 5.32 Å². The SMILES string of the molecule is CC(S)NC1CCC(N)CC1. The van der Waals surface area contributed by atoms with Gasteiger partial charge in [-0.3, -0.25) is 0 Å². The minimum atomic E-state index is 0.314. The van der Waals surface area contributed by atoms with Gasteiger partial charge >= 0.3 is 0 Å². The summed E-state index contributed by atoms with van der Waals surface area (Å²) in [5, 5.41) is 3.73. The van der Waals surface area contributed by atoms with Crippen LogP contribution >= 0.6 is 12.6 Å². The van der Waals surface area contributed by atoms with Crippen molar-refractivity contribution in [3.8, 4) is 0 Å². The molecule has 0 aromatic heterocycles. The fourth-order valence-electron chi connectivity index (χ4n) is 1.63. The molecular weight excluding hydrogens is 156 g/mol. The van der Waals surface area contributed by atoms with Gasteiger partial charge in [0.15, 0.2) is 0 Å². The molecule has 11 heavy (non-hydrogen) atoms. The third-order valence-corrected chi connectivity index (χ3v) is 2.40. The van der Waals surface area contributed by atoms with E-state index >= 15 is 0 Å². The summed E-state index contributed by atoms with van der Waals surface area (Å²) in [6, 6.07) is 1.10. The lowest BCUT2D eigenvalue weighted by Gasteiger charge is -2.28. The van der Waals surface area contributed by atoms with Gasteiger partial charge in [0.1, 0.15) is 0 Å². The Kier molecular flexibility index (Phi) is 3.69. The van der Waals surface area contributed by atoms with E-state index in [9.17, 15) is 0 Å². The van der Waals surface area contributed by atoms with E-state index in [4.69, 9.17) is 5.73 Å². The Morgan fingerprint density at radius 3 is 2.36 bits per heavy atom. The molecule has 1 fully saturated rings. The Balaban J connectivity index is 2.17. The normalized spacial score (nSPS) is 35.2. The van der Waals surface area contributed by atoms with Crippen LogP contribution in [-0.4, -0.2) is 17.5 Å². The fourth-order valence-corrected chi connectivity index (χ4v) is 1.84. The Bertz CT molecular complexity index is 109. The van der Waals surface area contributed by atoms with Gasteiger partial charge in [0, 0.05) is 17.5 Å². The number of nitrogens with two attached hydrogens (primary N) is 1. The molecule has 0 aromatic rings. The maximum atomic E-state index is 5.78. The van der Waals surface area contributed by atoms with E-state index in [2.05, 4.69) is 24.9 Å². The molecule has 1 saturated carbocycles. The minimum Gasteiger partial charge on any atom is -0.328 e. The van der Waals surface area contributed by atoms with Crippen LogP contribution < -0.4 is 11.1 Å². The third kappa shape index (κ3) is 3.45. The smallest absolute Gasteiger partial charge is 0.0475 e. The van der Waals surface area contributed by atoms with Crippen molar-refractivity contribution in [2.45, 2.75) is 50.1 Å². The van der Waals surface area contributed by atoms with Crippen molar-refractivity contribution in [2.75, 3.05) is 0 Å². The van der Waals surface area contributed by atoms with Crippen molar-refractivity contribution in [3.63, 3.8) is 0 Å². The molecule has 1 rings (SSSR count). The molecule has 1 aliphatic carbocycles. The summed E-state index contributed by atoms with van der Waals surface area (Å²) < 4.78 is 0. The van der Waals surface area contributed by atoms with Gasteiger partial charge in [0.25, 0.3) is 0 Å². The van der Waals surface area contributed by atoms with Gasteiger partial charge in [-0.15, -0.1) is 0 Å². The van der Waals surface area contributed by atoms with Crippen molar-refractivity contribution in [2.24, 2.45) is 5.73 Å². The minimum absolute atomic E-state index is 0.314. The van der Waals surface area contributed by atoms with Crippen molar-refractivity contribution in [3.05, 3.63) is 0 Å². The predicted octanol–water partition coefficient (Wildman–Crippen LogP) is 1.12. The zero-order chi connectivity index (χ0) is 8.27. The first kappa shape index (κ1) is 9.36. The summed E-state index contributed by atoms with van der Waals surface area (Å²) in [6.07, 6.45) is 4.76. The van der Waals surface area contributed by atoms with E-state index in [1.54, 1.807) is 0 Å². The largest absolute Gasteiger partial charge is 0.328 e. The van der Waals surface area contributed by atoms with Gasteiger partial charge in [-0.1, -0.05) is 0 Å². The van der Waals surface area contributed by atoms with Crippen molar-refractivity contribution < 1.29 is 0 Å². The second kappa shape index (κ2) is 4.33. The average molecular weight is 174 g/mol. The molecular formula is C8H18N2S. The molecule has 0 aliphatic heterocycles. The van der Waals surface area contributed by atoms with Crippen LogP contribution in [0.15, 0.2) is 0 Å². The van der Waals surface area contributed by atoms with Crippen LogP contribution in [0.5, 0.6) is 0 Å². The zero-order valence-electron chi connectivity index (χ0n) is 7.09. The summed E-state index contributed by atoms with van der Waals surface area (Å²) in [7, 11) is 0. The highest BCUT2D eigenvalue weighted by molar-refractivity contribution is 7.80. The van der Waals surface area contributed by atoms with Crippen LogP contribution in [0.4, 0.5) is 0 Å². The van der Waals surface area contributed by atoms with Crippen LogP contribution in [0, 0.1) is 0 Å². The van der Waals surface area contributed by atoms with Gasteiger partial charge in [-0.2, -0.15) is 12.6 Å². The summed E-state index contributed by atoms with van der Waals surface area (Å²) in [4.78, 5) is 0. The van der Waals surface area contributed by atoms with Crippen LogP contribution in [0.1, 0.15) is 32.6 Å². The summed E-state index contributed by atoms with van der Waals surface area (Å²) in [6.45, 7) is 2.07. The maximum Gasteiger partial charge on any atom is 0.0475 e. The van der Waals surface area contributed by atoms with Gasteiger partial charge in [-0.25, -0.2) is 0 Å². The molecule has 0 heterocycles. The molecule has 1 unspecified atom stereocenters. The Labute approximate surface area is 74.3 Å². The lowest BCUT2D eigenvalue weighted by molar-refractivity contribution is 0.342. The summed E-state index contributed by atoms with van der Waals surface area (Å²) in [5.74, 6) is 0. The predicted molar refractivity (Wildman–Crippen MR) is 51.8 cm³/mol. The van der Waals surface area contributed by atoms with Gasteiger partial charge in [0.2, 0.25) is 0 Å². The monoisotopic (exact) mass is 174 g/mol. The van der Waals surface area contributed by atoms with E-state index < -0.39 is 0 Å². The second-order valence-corrected chi connectivity index (χ2v) is 4.23. The van der Waals surface area contributed by atoms with E-state index in [1.807, 2.05) is 0 Å². The summed E-state index contributed by atoms with van der Waals surface area (Å²) >= 11 is 4.29. The molecule has 3 heteroatoms. The maximum absolute atomic E-state index is 5.78. The fraction of sp³-hybridized carbons (Fsp3) is 1.00. The highest BCUT2D eigenvalue weighted by Gasteiger charge is 2.18. The lowest BCUT2D eigenvalue weighted by atomic mass is 9.92. The molecule has 0 spiro atoms. The topological polar surface area (TPSA) is 38.0 Å². The molecule has 1 atom stereocenters. The standard InChI is InChI=1S/C8H18N2S/c1-6(11)10-8-4-2-7(9)3-5-8/h6-8,10-11H,2-5,9H2,1H3. The molecule has 0 radical (unpaired) electrons. The van der Waals surface area contributed by atoms with Crippen LogP contribution in [0.2, 0.25) is 0 Å². The Morgan fingerprint density at radius 1 is 1.36 bits per heavy atom. The molecule has 0 amide bonds. The number of nitrogens with one attached hydrogen (secondary N) is 1. The van der Waals surface area contributed by atoms with Crippen LogP contribution in [0.3, 0.4) is 0 Å². The molecule has 2 nitrogen and oxygen atoms in total. The number of rotatable bonds is 2. The quantitative estimate of drug-likeness (QED) is 0.433. The van der Waals surface area contributed by atoms with Crippen LogP contribution in [-0.2, 0) is 0 Å². The Morgan fingerprint density at radius 2 is 1.91 bits per heavy atom. The summed E-state index contributed by atoms with van der Waals surface area (Å²) in [5.41, 5.74) is 5.78. The molecule has 0 bridgehead atoms. The third-order valence-electron chi connectivity index (χ3n) is 2.25. The Hall–Kier alpha value is 0.270. The van der Waals surface area contributed by atoms with E-state index in [-0.39, 0.29) is 0 Å². The van der Waals surface area contributed by atoms with Crippen LogP contribution in [0.25, 0.3) is 0 Å². The number of thiol groups is 1. The first-order chi connectivity index (χ1) is 5.18. The molecule has 0 aromatic carbocycles. The highest BCUT2D eigenvalue weighted by atomic mass is 32.1. The number of hydrogen-bond donors (Lipinski definition) is 3. The van der Waals surface area contributed by atoms with Gasteiger partial charge in [-0.05, 0) is 32.6 Å². The van der Waals surface area contributed by atoms with E-state index in [0.717, 1.165) is 12.8 Å². The first-order valence-corrected chi connectivity index (χ1v) is 4.90. The lowest BCUT2D eigenvalue weighted by Crippen LogP contribution is -2.39. The average Bonchev–Trinajstić information content (AvgIpc) is 1.93. The van der Waals surface area contributed by atoms with Gasteiger partial charge < -0.3 is 11.1 Å². The first-order valence-electron chi connectivity index (χ1n) is 4.38. The van der Waals surface area contributed by atoms with Gasteiger partial charge in [0.05, 0.1) is 0 Å². The second-order valence-electron chi connectivity index (χ2n) is 3.45. The number of hydrogen-bond acceptors (Lipinski definition) is 3. The van der Waals surface area contributed by atoms with Crippen molar-refractivity contribution >= 4 is 12.6 Å². The van der Waals surface area contributed by atoms with E-state index in [1.165, 1.54) is 12.8 Å². The molecule has 66 valence electrons. The molecule has 1 aliphatic rings. The molecule has 0 saturated heterocycles. The van der Waals surface area contributed by atoms with Crippen molar-refractivity contribution in [1.29, 1.82) is 0 Å². The highest BCUT2D eigenvalue weighted by Crippen LogP contribution is 2.17. The zero-order valence-corrected chi connectivity index (χ0v) is 7.98. The molecule has 3 N–H and O–H groups in total.